The average molecular weight is 393 g/mol. The summed E-state index contributed by atoms with van der Waals surface area (Å²) < 4.78 is 11.0. The zero-order valence-electron chi connectivity index (χ0n) is 12.7. The molecule has 132 valence electrons. The van der Waals surface area contributed by atoms with Crippen LogP contribution in [0.2, 0.25) is 0 Å². The Hall–Kier alpha value is -0.390. The van der Waals surface area contributed by atoms with Crippen molar-refractivity contribution in [3.05, 3.63) is 0 Å². The van der Waals surface area contributed by atoms with Gasteiger partial charge in [0.2, 0.25) is 0 Å². The lowest BCUT2D eigenvalue weighted by Gasteiger charge is -2.07. The number of ether oxygens (including phenoxy) is 2. The molecule has 0 aliphatic heterocycles. The highest BCUT2D eigenvalue weighted by Crippen LogP contribution is 2.02. The van der Waals surface area contributed by atoms with Gasteiger partial charge in [0.15, 0.2) is 0 Å². The summed E-state index contributed by atoms with van der Waals surface area (Å²) in [5.74, 6) is 0. The Morgan fingerprint density at radius 2 is 1.09 bits per heavy atom. The van der Waals surface area contributed by atoms with E-state index in [1.54, 1.807) is 0 Å². The van der Waals surface area contributed by atoms with Crippen LogP contribution in [0.4, 0.5) is 9.59 Å². The Labute approximate surface area is 154 Å². The van der Waals surface area contributed by atoms with Gasteiger partial charge in [-0.1, -0.05) is 26.7 Å². The fraction of sp³-hybridized carbons (Fsp3) is 0.727. The number of unbranched alkanes of at least 4 members (excludes halogenated alkanes) is 2. The van der Waals surface area contributed by atoms with Crippen LogP contribution >= 0.6 is 51.3 Å². The van der Waals surface area contributed by atoms with Crippen molar-refractivity contribution in [2.75, 3.05) is 13.2 Å². The quantitative estimate of drug-likeness (QED) is 0.410. The number of carbonyl (C=O) groups excluding carboxylic acids is 3. The predicted molar refractivity (Wildman–Crippen MR) is 99.3 cm³/mol. The molecule has 7 nitrogen and oxygen atoms in total. The van der Waals surface area contributed by atoms with E-state index in [0.29, 0.717) is 13.2 Å². The minimum absolute atomic E-state index is 0.437. The monoisotopic (exact) mass is 392 g/mol. The molecule has 0 aromatic carbocycles. The maximum absolute atomic E-state index is 10.6. The van der Waals surface area contributed by atoms with Gasteiger partial charge in [0.05, 0.1) is 13.2 Å². The van der Waals surface area contributed by atoms with Gasteiger partial charge in [-0.2, -0.15) is 7.42 Å². The van der Waals surface area contributed by atoms with Crippen LogP contribution in [0.15, 0.2) is 0 Å². The summed E-state index contributed by atoms with van der Waals surface area (Å²) in [6.45, 7) is 6.92. The van der Waals surface area contributed by atoms with Crippen LogP contribution in [0.3, 0.4) is 0 Å². The third-order valence-corrected chi connectivity index (χ3v) is 2.43. The predicted octanol–water partition coefficient (Wildman–Crippen LogP) is 3.64. The highest BCUT2D eigenvalue weighted by atomic mass is 32.2. The van der Waals surface area contributed by atoms with E-state index in [1.807, 2.05) is 20.6 Å². The van der Waals surface area contributed by atoms with Gasteiger partial charge in [-0.3, -0.25) is 0 Å². The number of hydrogen-bond acceptors (Lipinski definition) is 9. The molecule has 2 amide bonds. The van der Waals surface area contributed by atoms with Crippen LogP contribution in [0.1, 0.15) is 39.5 Å². The zero-order valence-corrected chi connectivity index (χ0v) is 16.3. The van der Waals surface area contributed by atoms with Crippen molar-refractivity contribution in [3.63, 3.8) is 0 Å². The molecule has 0 aliphatic rings. The topological polar surface area (TPSA) is 76.1 Å². The third-order valence-electron chi connectivity index (χ3n) is 1.77. The number of hydrogen-bond donors (Lipinski definition) is 4. The number of carbonyl (C=O) groups is 3. The lowest BCUT2D eigenvalue weighted by molar-refractivity contribution is -0.0980. The van der Waals surface area contributed by atoms with Crippen molar-refractivity contribution in [1.29, 1.82) is 0 Å². The van der Waals surface area contributed by atoms with Gasteiger partial charge >= 0.3 is 12.2 Å². The molecule has 0 unspecified atom stereocenters. The first-order valence-corrected chi connectivity index (χ1v) is 7.94. The molecule has 0 rings (SSSR count). The molecule has 0 saturated carbocycles. The molecule has 0 fully saturated rings. The maximum atomic E-state index is 10.6. The van der Waals surface area contributed by atoms with Crippen molar-refractivity contribution in [3.8, 4) is 0 Å². The molecule has 0 aromatic heterocycles. The van der Waals surface area contributed by atoms with Gasteiger partial charge in [-0.25, -0.2) is 9.59 Å². The molecule has 0 saturated heterocycles. The van der Waals surface area contributed by atoms with Gasteiger partial charge in [-0.05, 0) is 64.1 Å². The number of amides is 2. The van der Waals surface area contributed by atoms with Crippen LogP contribution in [-0.2, 0) is 14.3 Å². The molecule has 0 heterocycles. The van der Waals surface area contributed by atoms with E-state index >= 15 is 0 Å². The van der Waals surface area contributed by atoms with E-state index in [1.165, 1.54) is 0 Å². The molecular weight excluding hydrogens is 368 g/mol. The minimum Gasteiger partial charge on any atom is -0.448 e. The molecule has 22 heavy (non-hydrogen) atoms. The van der Waals surface area contributed by atoms with Crippen molar-refractivity contribution in [1.82, 2.24) is 7.42 Å². The Morgan fingerprint density at radius 3 is 1.27 bits per heavy atom. The maximum Gasteiger partial charge on any atom is 0.429 e. The first-order valence-electron chi connectivity index (χ1n) is 6.34. The molecule has 0 aliphatic carbocycles. The van der Waals surface area contributed by atoms with Gasteiger partial charge in [-0.15, -0.1) is 0 Å². The van der Waals surface area contributed by atoms with Crippen molar-refractivity contribution in [2.24, 2.45) is 0 Å². The second kappa shape index (κ2) is 20.6. The molecule has 0 N–H and O–H groups in total. The van der Waals surface area contributed by atoms with Gasteiger partial charge in [0.25, 0.3) is 0 Å². The lowest BCUT2D eigenvalue weighted by Crippen LogP contribution is -2.13. The first-order chi connectivity index (χ1) is 10.4. The van der Waals surface area contributed by atoms with Crippen LogP contribution < -0.4 is 0 Å². The Balaban J connectivity index is -0.000000294. The molecule has 0 aromatic rings. The summed E-state index contributed by atoms with van der Waals surface area (Å²) >= 11 is 14.5. The summed E-state index contributed by atoms with van der Waals surface area (Å²) in [5, 5.41) is 0. The van der Waals surface area contributed by atoms with Crippen molar-refractivity contribution in [2.45, 2.75) is 39.5 Å². The molecular formula is C11H24N2O5S4. The van der Waals surface area contributed by atoms with E-state index in [9.17, 15) is 9.59 Å². The van der Waals surface area contributed by atoms with Gasteiger partial charge in [0, 0.05) is 0 Å². The van der Waals surface area contributed by atoms with Crippen LogP contribution in [-0.4, -0.2) is 39.6 Å². The van der Waals surface area contributed by atoms with Gasteiger partial charge in [0.1, 0.15) is 6.79 Å². The Morgan fingerprint density at radius 1 is 0.818 bits per heavy atom. The lowest BCUT2D eigenvalue weighted by atomic mass is 10.4. The number of nitrogens with zero attached hydrogens (tertiary/aromatic N) is 2. The Kier molecular flexibility index (Phi) is 24.8. The van der Waals surface area contributed by atoms with E-state index in [4.69, 9.17) is 4.79 Å². The van der Waals surface area contributed by atoms with E-state index in [0.717, 1.165) is 33.1 Å². The number of rotatable bonds is 6. The van der Waals surface area contributed by atoms with Crippen molar-refractivity contribution < 1.29 is 23.9 Å². The van der Waals surface area contributed by atoms with Gasteiger partial charge < -0.3 is 14.3 Å². The average Bonchev–Trinajstić information content (AvgIpc) is 2.50. The largest absolute Gasteiger partial charge is 0.448 e. The summed E-state index contributed by atoms with van der Waals surface area (Å²) in [6, 6.07) is 0. The molecule has 0 spiro atoms. The number of thiol groups is 4. The van der Waals surface area contributed by atoms with Crippen LogP contribution in [0.25, 0.3) is 0 Å². The standard InChI is InChI=1S/2C5H11NO2S2.CH2O/c2*1-2-3-4-8-5(7)6(9)10;1-2/h2*9-10H,2-4H2,1H3;1H2. The molecule has 11 heteroatoms. The van der Waals surface area contributed by atoms with E-state index in [2.05, 4.69) is 60.7 Å². The SMILES string of the molecule is C=O.CCCCOC(=O)N(S)S.CCCCOC(=O)N(S)S. The van der Waals surface area contributed by atoms with Crippen molar-refractivity contribution >= 4 is 70.2 Å². The summed E-state index contributed by atoms with van der Waals surface area (Å²) in [5.41, 5.74) is 0. The molecule has 0 atom stereocenters. The van der Waals surface area contributed by atoms with Crippen LogP contribution in [0, 0.1) is 0 Å². The second-order valence-corrected chi connectivity index (χ2v) is 5.75. The summed E-state index contributed by atoms with van der Waals surface area (Å²) in [7, 11) is 0. The zero-order chi connectivity index (χ0) is 18.0. The molecule has 0 bridgehead atoms. The third kappa shape index (κ3) is 21.9. The van der Waals surface area contributed by atoms with E-state index in [-0.39, 0.29) is 0 Å². The Bertz CT molecular complexity index is 257. The molecule has 0 radical (unpaired) electrons. The fourth-order valence-electron chi connectivity index (χ4n) is 0.723. The first kappa shape index (κ1) is 26.5. The minimum atomic E-state index is -0.528. The normalized spacial score (nSPS) is 8.45. The van der Waals surface area contributed by atoms with E-state index < -0.39 is 12.2 Å². The fourth-order valence-corrected chi connectivity index (χ4v) is 0.954. The van der Waals surface area contributed by atoms with Crippen LogP contribution in [0.5, 0.6) is 0 Å². The smallest absolute Gasteiger partial charge is 0.429 e. The summed E-state index contributed by atoms with van der Waals surface area (Å²) in [4.78, 5) is 29.1. The highest BCUT2D eigenvalue weighted by Gasteiger charge is 2.05. The second-order valence-electron chi connectivity index (χ2n) is 3.51. The summed E-state index contributed by atoms with van der Waals surface area (Å²) in [6.07, 6.45) is 2.71. The highest BCUT2D eigenvalue weighted by molar-refractivity contribution is 7.94.